The normalized spacial score (nSPS) is 49.7. The van der Waals surface area contributed by atoms with Crippen LogP contribution in [0.3, 0.4) is 0 Å². The van der Waals surface area contributed by atoms with Gasteiger partial charge in [-0.25, -0.2) is 0 Å². The zero-order valence-electron chi connectivity index (χ0n) is 14.2. The lowest BCUT2D eigenvalue weighted by Crippen LogP contribution is -2.55. The summed E-state index contributed by atoms with van der Waals surface area (Å²) >= 11 is 0. The fourth-order valence-corrected chi connectivity index (χ4v) is 6.38. The van der Waals surface area contributed by atoms with Gasteiger partial charge in [0.05, 0.1) is 6.10 Å². The van der Waals surface area contributed by atoms with Crippen molar-refractivity contribution in [1.29, 1.82) is 0 Å². The zero-order chi connectivity index (χ0) is 17.1. The Kier molecular flexibility index (Phi) is 3.57. The first-order valence-corrected chi connectivity index (χ1v) is 9.27. The van der Waals surface area contributed by atoms with Crippen LogP contribution in [0.15, 0.2) is 23.8 Å². The van der Waals surface area contributed by atoms with Crippen molar-refractivity contribution in [2.45, 2.75) is 57.2 Å². The van der Waals surface area contributed by atoms with Gasteiger partial charge in [0.1, 0.15) is 5.60 Å². The van der Waals surface area contributed by atoms with E-state index >= 15 is 0 Å². The first-order valence-electron chi connectivity index (χ1n) is 9.27. The third-order valence-corrected chi connectivity index (χ3v) is 7.58. The number of hydrogen-bond donors (Lipinski definition) is 2. The van der Waals surface area contributed by atoms with Crippen LogP contribution in [0.25, 0.3) is 0 Å². The molecule has 24 heavy (non-hydrogen) atoms. The smallest absolute Gasteiger partial charge is 0.155 e. The van der Waals surface area contributed by atoms with Crippen LogP contribution in [0, 0.1) is 41.4 Å². The van der Waals surface area contributed by atoms with Crippen LogP contribution < -0.4 is 0 Å². The van der Waals surface area contributed by atoms with E-state index in [1.165, 1.54) is 0 Å². The highest BCUT2D eigenvalue weighted by atomic mass is 16.3. The number of carbonyl (C=O) groups is 1. The highest BCUT2D eigenvalue weighted by Gasteiger charge is 2.61. The average Bonchev–Trinajstić information content (AvgIpc) is 2.89. The van der Waals surface area contributed by atoms with Crippen LogP contribution in [-0.4, -0.2) is 27.7 Å². The first-order chi connectivity index (χ1) is 11.5. The van der Waals surface area contributed by atoms with Crippen molar-refractivity contribution >= 4 is 5.78 Å². The molecular formula is C21H26O3. The predicted molar refractivity (Wildman–Crippen MR) is 91.8 cm³/mol. The van der Waals surface area contributed by atoms with Gasteiger partial charge < -0.3 is 10.2 Å². The second-order valence-corrected chi connectivity index (χ2v) is 8.18. The molecule has 0 bridgehead atoms. The van der Waals surface area contributed by atoms with Crippen LogP contribution in [0.2, 0.25) is 0 Å². The minimum absolute atomic E-state index is 0.153. The topological polar surface area (TPSA) is 57.5 Å². The summed E-state index contributed by atoms with van der Waals surface area (Å²) in [5.74, 6) is 4.16. The number of fused-ring (bicyclic) bond motifs is 5. The summed E-state index contributed by atoms with van der Waals surface area (Å²) in [6.45, 7) is 2.12. The Morgan fingerprint density at radius 3 is 2.88 bits per heavy atom. The minimum Gasteiger partial charge on any atom is -0.389 e. The third kappa shape index (κ3) is 1.90. The molecule has 0 heterocycles. The Hall–Kier alpha value is -1.37. The quantitative estimate of drug-likeness (QED) is 0.575. The molecule has 2 saturated carbocycles. The molecule has 2 fully saturated rings. The number of allylic oxidation sites excluding steroid dienone is 2. The van der Waals surface area contributed by atoms with E-state index in [1.54, 1.807) is 6.08 Å². The maximum Gasteiger partial charge on any atom is 0.155 e. The number of aliphatic hydroxyl groups excluding tert-OH is 1. The Morgan fingerprint density at radius 1 is 1.38 bits per heavy atom. The summed E-state index contributed by atoms with van der Waals surface area (Å²) in [6.07, 6.45) is 15.7. The van der Waals surface area contributed by atoms with Crippen molar-refractivity contribution in [3.8, 4) is 12.3 Å². The van der Waals surface area contributed by atoms with E-state index in [-0.39, 0.29) is 17.1 Å². The molecule has 4 aliphatic carbocycles. The molecule has 7 atom stereocenters. The van der Waals surface area contributed by atoms with Gasteiger partial charge in [-0.3, -0.25) is 4.79 Å². The summed E-state index contributed by atoms with van der Waals surface area (Å²) < 4.78 is 0. The summed E-state index contributed by atoms with van der Waals surface area (Å²) in [5, 5.41) is 21.7. The number of ketones is 1. The molecule has 0 radical (unpaired) electrons. The molecule has 2 N–H and O–H groups in total. The second kappa shape index (κ2) is 5.31. The van der Waals surface area contributed by atoms with E-state index in [9.17, 15) is 15.0 Å². The molecule has 0 unspecified atom stereocenters. The Bertz CT molecular complexity index is 669. The lowest BCUT2D eigenvalue weighted by Gasteiger charge is -2.56. The Morgan fingerprint density at radius 2 is 2.17 bits per heavy atom. The molecule has 0 aliphatic heterocycles. The van der Waals surface area contributed by atoms with Crippen molar-refractivity contribution in [3.05, 3.63) is 23.8 Å². The van der Waals surface area contributed by atoms with Gasteiger partial charge in [0.2, 0.25) is 0 Å². The van der Waals surface area contributed by atoms with Gasteiger partial charge in [-0.15, -0.1) is 6.42 Å². The molecule has 0 aromatic heterocycles. The van der Waals surface area contributed by atoms with Gasteiger partial charge >= 0.3 is 0 Å². The predicted octanol–water partition coefficient (Wildman–Crippen LogP) is 2.63. The van der Waals surface area contributed by atoms with Crippen LogP contribution in [0.4, 0.5) is 0 Å². The highest BCUT2D eigenvalue weighted by Crippen LogP contribution is 2.63. The molecule has 4 aliphatic rings. The number of rotatable bonds is 1. The molecule has 0 saturated heterocycles. The van der Waals surface area contributed by atoms with E-state index < -0.39 is 11.7 Å². The van der Waals surface area contributed by atoms with Crippen molar-refractivity contribution in [2.75, 3.05) is 0 Å². The van der Waals surface area contributed by atoms with Gasteiger partial charge in [-0.1, -0.05) is 18.9 Å². The molecule has 128 valence electrons. The summed E-state index contributed by atoms with van der Waals surface area (Å²) in [7, 11) is 0. The van der Waals surface area contributed by atoms with Gasteiger partial charge in [0.25, 0.3) is 0 Å². The van der Waals surface area contributed by atoms with Crippen LogP contribution in [-0.2, 0) is 4.79 Å². The third-order valence-electron chi connectivity index (χ3n) is 7.58. The van der Waals surface area contributed by atoms with Crippen molar-refractivity contribution in [1.82, 2.24) is 0 Å². The molecule has 0 amide bonds. The fourth-order valence-electron chi connectivity index (χ4n) is 6.38. The fraction of sp³-hybridized carbons (Fsp3) is 0.667. The SMILES string of the molecule is C#C[C@]1(O)C=C[C@H]2[C@@H]3C[C@@H](O)C4=CC(=O)CC[C@@H]4[C@H]3CC[C@@]21CC. The minimum atomic E-state index is -1.17. The van der Waals surface area contributed by atoms with Crippen molar-refractivity contribution < 1.29 is 15.0 Å². The van der Waals surface area contributed by atoms with E-state index in [1.807, 2.05) is 6.08 Å². The van der Waals surface area contributed by atoms with Gasteiger partial charge in [0.15, 0.2) is 5.78 Å². The molecule has 0 aromatic carbocycles. The van der Waals surface area contributed by atoms with E-state index in [0.29, 0.717) is 30.6 Å². The number of terminal acetylenes is 1. The van der Waals surface area contributed by atoms with Crippen LogP contribution in [0.1, 0.15) is 45.4 Å². The first kappa shape index (κ1) is 16.1. The Balaban J connectivity index is 1.72. The van der Waals surface area contributed by atoms with Crippen molar-refractivity contribution in [3.63, 3.8) is 0 Å². The summed E-state index contributed by atoms with van der Waals surface area (Å²) in [6, 6.07) is 0. The lowest BCUT2D eigenvalue weighted by molar-refractivity contribution is -0.118. The highest BCUT2D eigenvalue weighted by molar-refractivity contribution is 5.91. The number of hydrogen-bond acceptors (Lipinski definition) is 3. The summed E-state index contributed by atoms with van der Waals surface area (Å²) in [5.41, 5.74) is -0.499. The largest absolute Gasteiger partial charge is 0.389 e. The lowest BCUT2D eigenvalue weighted by atomic mass is 9.48. The van der Waals surface area contributed by atoms with E-state index in [0.717, 1.165) is 31.3 Å². The van der Waals surface area contributed by atoms with Gasteiger partial charge in [0, 0.05) is 11.8 Å². The number of aliphatic hydroxyl groups is 2. The van der Waals surface area contributed by atoms with Crippen LogP contribution >= 0.6 is 0 Å². The van der Waals surface area contributed by atoms with E-state index in [4.69, 9.17) is 6.42 Å². The molecular weight excluding hydrogens is 300 g/mol. The van der Waals surface area contributed by atoms with Gasteiger partial charge in [-0.2, -0.15) is 0 Å². The van der Waals surface area contributed by atoms with Crippen LogP contribution in [0.5, 0.6) is 0 Å². The average molecular weight is 326 g/mol. The molecule has 3 nitrogen and oxygen atoms in total. The standard InChI is InChI=1S/C21H26O3/c1-3-20-9-7-15-14-6-5-13(22)11-17(14)19(23)12-16(15)18(20)8-10-21(20,24)4-2/h2,8,10-11,14-16,18-19,23-24H,3,5-7,9,12H2,1H3/t14-,15-,16-,18+,19-,20+,21+/m1/s1. The van der Waals surface area contributed by atoms with Crippen molar-refractivity contribution in [2.24, 2.45) is 29.1 Å². The van der Waals surface area contributed by atoms with E-state index in [2.05, 4.69) is 18.9 Å². The maximum atomic E-state index is 11.8. The molecule has 3 heteroatoms. The zero-order valence-corrected chi connectivity index (χ0v) is 14.2. The molecule has 0 aromatic rings. The molecule has 4 rings (SSSR count). The number of carbonyl (C=O) groups excluding carboxylic acids is 1. The Labute approximate surface area is 143 Å². The van der Waals surface area contributed by atoms with Gasteiger partial charge in [-0.05, 0) is 73.5 Å². The molecule has 0 spiro atoms. The monoisotopic (exact) mass is 326 g/mol. The maximum absolute atomic E-state index is 11.8. The summed E-state index contributed by atoms with van der Waals surface area (Å²) in [4.78, 5) is 11.8. The second-order valence-electron chi connectivity index (χ2n) is 8.18.